The van der Waals surface area contributed by atoms with Gasteiger partial charge in [0, 0.05) is 5.70 Å². The second kappa shape index (κ2) is 7.18. The maximum Gasteiger partial charge on any atom is 0.257 e. The number of fused-ring (bicyclic) bond motifs is 2. The van der Waals surface area contributed by atoms with Crippen LogP contribution in [0.2, 0.25) is 0 Å². The largest absolute Gasteiger partial charge is 0.322 e. The van der Waals surface area contributed by atoms with Crippen molar-refractivity contribution >= 4 is 28.7 Å². The van der Waals surface area contributed by atoms with Gasteiger partial charge in [-0.25, -0.2) is 10.4 Å². The van der Waals surface area contributed by atoms with Gasteiger partial charge in [-0.3, -0.25) is 9.80 Å². The molecule has 2 heterocycles. The molecule has 1 atom stereocenters. The van der Waals surface area contributed by atoms with Crippen molar-refractivity contribution < 1.29 is 4.79 Å². The van der Waals surface area contributed by atoms with Crippen LogP contribution in [0.3, 0.4) is 0 Å². The van der Waals surface area contributed by atoms with Gasteiger partial charge in [0.15, 0.2) is 5.54 Å². The van der Waals surface area contributed by atoms with E-state index in [1.54, 1.807) is 0 Å². The SMILES string of the molecule is Cc1ccc(N2NC3(C(=O)Nc4ccccc4N=C3c3ccccc3)C3=C2CCC3)cc1. The number of nitrogens with zero attached hydrogens (tertiary/aromatic N) is 2. The number of carbonyl (C=O) groups excluding carboxylic acids is 1. The van der Waals surface area contributed by atoms with Gasteiger partial charge < -0.3 is 5.32 Å². The van der Waals surface area contributed by atoms with E-state index < -0.39 is 5.54 Å². The second-order valence-corrected chi connectivity index (χ2v) is 8.61. The number of hydrogen-bond donors (Lipinski definition) is 2. The van der Waals surface area contributed by atoms with Gasteiger partial charge in [-0.1, -0.05) is 60.2 Å². The summed E-state index contributed by atoms with van der Waals surface area (Å²) in [5, 5.41) is 5.28. The highest BCUT2D eigenvalue weighted by atomic mass is 16.2. The lowest BCUT2D eigenvalue weighted by Crippen LogP contribution is -2.62. The summed E-state index contributed by atoms with van der Waals surface area (Å²) in [6, 6.07) is 26.2. The van der Waals surface area contributed by atoms with Crippen LogP contribution in [-0.2, 0) is 4.79 Å². The third kappa shape index (κ3) is 2.75. The van der Waals surface area contributed by atoms with Crippen LogP contribution in [-0.4, -0.2) is 17.2 Å². The normalized spacial score (nSPS) is 21.8. The highest BCUT2D eigenvalue weighted by Gasteiger charge is 2.56. The van der Waals surface area contributed by atoms with Crippen LogP contribution in [0.1, 0.15) is 30.4 Å². The summed E-state index contributed by atoms with van der Waals surface area (Å²) in [5.74, 6) is -0.0888. The molecule has 0 aromatic heterocycles. The quantitative estimate of drug-likeness (QED) is 0.594. The average Bonchev–Trinajstić information content (AvgIpc) is 3.39. The summed E-state index contributed by atoms with van der Waals surface area (Å²) in [7, 11) is 0. The summed E-state index contributed by atoms with van der Waals surface area (Å²) in [6.07, 6.45) is 2.82. The van der Waals surface area contributed by atoms with E-state index in [1.807, 2.05) is 54.6 Å². The lowest BCUT2D eigenvalue weighted by molar-refractivity contribution is -0.118. The highest BCUT2D eigenvalue weighted by Crippen LogP contribution is 2.47. The fourth-order valence-electron chi connectivity index (χ4n) is 5.06. The highest BCUT2D eigenvalue weighted by molar-refractivity contribution is 6.29. The summed E-state index contributed by atoms with van der Waals surface area (Å²) in [6.45, 7) is 2.08. The van der Waals surface area contributed by atoms with Crippen molar-refractivity contribution in [2.75, 3.05) is 10.3 Å². The van der Waals surface area contributed by atoms with Crippen molar-refractivity contribution in [1.82, 2.24) is 5.43 Å². The van der Waals surface area contributed by atoms with E-state index in [2.05, 4.69) is 46.9 Å². The minimum atomic E-state index is -1.06. The van der Waals surface area contributed by atoms with Gasteiger partial charge >= 0.3 is 0 Å². The maximum atomic E-state index is 14.0. The van der Waals surface area contributed by atoms with Crippen molar-refractivity contribution in [2.24, 2.45) is 4.99 Å². The van der Waals surface area contributed by atoms with Gasteiger partial charge in [0.25, 0.3) is 5.91 Å². The Morgan fingerprint density at radius 2 is 1.66 bits per heavy atom. The number of carbonyl (C=O) groups is 1. The molecule has 0 saturated carbocycles. The molecule has 0 fully saturated rings. The number of para-hydroxylation sites is 2. The zero-order valence-electron chi connectivity index (χ0n) is 17.9. The first-order valence-corrected chi connectivity index (χ1v) is 11.1. The van der Waals surface area contributed by atoms with Crippen molar-refractivity contribution in [2.45, 2.75) is 31.7 Å². The number of nitrogens with one attached hydrogen (secondary N) is 2. The molecule has 6 rings (SSSR count). The lowest BCUT2D eigenvalue weighted by atomic mass is 9.81. The van der Waals surface area contributed by atoms with Crippen LogP contribution in [0.15, 0.2) is 95.1 Å². The van der Waals surface area contributed by atoms with E-state index in [4.69, 9.17) is 4.99 Å². The van der Waals surface area contributed by atoms with Crippen LogP contribution < -0.4 is 15.8 Å². The molecule has 3 aromatic rings. The molecule has 5 nitrogen and oxygen atoms in total. The minimum Gasteiger partial charge on any atom is -0.322 e. The Morgan fingerprint density at radius 3 is 2.47 bits per heavy atom. The van der Waals surface area contributed by atoms with Crippen molar-refractivity contribution in [1.29, 1.82) is 0 Å². The molecule has 5 heteroatoms. The first-order chi connectivity index (χ1) is 15.7. The molecule has 0 saturated heterocycles. The molecule has 3 aromatic carbocycles. The van der Waals surface area contributed by atoms with Crippen LogP contribution in [0, 0.1) is 6.92 Å². The van der Waals surface area contributed by atoms with E-state index in [0.29, 0.717) is 0 Å². The molecule has 0 radical (unpaired) electrons. The topological polar surface area (TPSA) is 56.7 Å². The number of hydrogen-bond acceptors (Lipinski definition) is 4. The Bertz CT molecular complexity index is 1280. The fourth-order valence-corrected chi connectivity index (χ4v) is 5.06. The first-order valence-electron chi connectivity index (χ1n) is 11.1. The zero-order chi connectivity index (χ0) is 21.7. The van der Waals surface area contributed by atoms with E-state index >= 15 is 0 Å². The average molecular weight is 421 g/mol. The Hall–Kier alpha value is -3.70. The van der Waals surface area contributed by atoms with Gasteiger partial charge in [-0.05, 0) is 61.6 Å². The molecule has 1 spiro atoms. The summed E-state index contributed by atoms with van der Waals surface area (Å²) < 4.78 is 0. The van der Waals surface area contributed by atoms with Gasteiger partial charge in [0.2, 0.25) is 0 Å². The molecule has 158 valence electrons. The van der Waals surface area contributed by atoms with Gasteiger partial charge in [0.05, 0.1) is 22.8 Å². The zero-order valence-corrected chi connectivity index (χ0v) is 17.9. The molecular formula is C27H24N4O. The van der Waals surface area contributed by atoms with Crippen LogP contribution >= 0.6 is 0 Å². The number of hydrazine groups is 1. The van der Waals surface area contributed by atoms with Gasteiger partial charge in [0.1, 0.15) is 0 Å². The number of rotatable bonds is 2. The number of anilines is 2. The molecule has 2 N–H and O–H groups in total. The third-order valence-corrected chi connectivity index (χ3v) is 6.61. The number of benzene rings is 3. The smallest absolute Gasteiger partial charge is 0.257 e. The van der Waals surface area contributed by atoms with Gasteiger partial charge in [-0.15, -0.1) is 0 Å². The molecule has 3 aliphatic rings. The Morgan fingerprint density at radius 1 is 0.906 bits per heavy atom. The monoisotopic (exact) mass is 420 g/mol. The molecule has 32 heavy (non-hydrogen) atoms. The first kappa shape index (κ1) is 19.0. The van der Waals surface area contributed by atoms with Crippen LogP contribution in [0.5, 0.6) is 0 Å². The standard InChI is InChI=1S/C27H24N4O/c1-18-14-16-20(17-15-18)31-24-13-7-10-21(24)27(30-31)25(19-8-3-2-4-9-19)28-22-11-5-6-12-23(22)29-26(27)32/h2-6,8-9,11-12,14-17,30H,7,10,13H2,1H3,(H,29,32). The Balaban J connectivity index is 1.58. The van der Waals surface area contributed by atoms with Crippen molar-refractivity contribution in [3.8, 4) is 0 Å². The molecule has 0 bridgehead atoms. The molecular weight excluding hydrogens is 396 g/mol. The Labute approximate surface area is 187 Å². The predicted molar refractivity (Wildman–Crippen MR) is 128 cm³/mol. The molecule has 1 unspecified atom stereocenters. The van der Waals surface area contributed by atoms with Crippen LogP contribution in [0.4, 0.5) is 17.1 Å². The molecule has 1 amide bonds. The van der Waals surface area contributed by atoms with E-state index in [1.165, 1.54) is 11.3 Å². The number of allylic oxidation sites excluding steroid dienone is 1. The molecule has 2 aliphatic heterocycles. The Kier molecular flexibility index (Phi) is 4.26. The van der Waals surface area contributed by atoms with Crippen molar-refractivity contribution in [3.05, 3.63) is 101 Å². The fraction of sp³-hybridized carbons (Fsp3) is 0.185. The predicted octanol–water partition coefficient (Wildman–Crippen LogP) is 5.27. The summed E-state index contributed by atoms with van der Waals surface area (Å²) in [4.78, 5) is 19.2. The van der Waals surface area contributed by atoms with Crippen LogP contribution in [0.25, 0.3) is 0 Å². The van der Waals surface area contributed by atoms with E-state index in [-0.39, 0.29) is 5.91 Å². The lowest BCUT2D eigenvalue weighted by Gasteiger charge is -2.34. The number of aliphatic imine (C=N–C) groups is 1. The number of aryl methyl sites for hydroxylation is 1. The van der Waals surface area contributed by atoms with E-state index in [0.717, 1.165) is 53.2 Å². The van der Waals surface area contributed by atoms with Gasteiger partial charge in [-0.2, -0.15) is 0 Å². The second-order valence-electron chi connectivity index (χ2n) is 8.61. The summed E-state index contributed by atoms with van der Waals surface area (Å²) in [5.41, 5.74) is 10.3. The van der Waals surface area contributed by atoms with E-state index in [9.17, 15) is 4.79 Å². The minimum absolute atomic E-state index is 0.0888. The maximum absolute atomic E-state index is 14.0. The number of amides is 1. The summed E-state index contributed by atoms with van der Waals surface area (Å²) >= 11 is 0. The van der Waals surface area contributed by atoms with Crippen molar-refractivity contribution in [3.63, 3.8) is 0 Å². The molecule has 1 aliphatic carbocycles. The third-order valence-electron chi connectivity index (χ3n) is 6.61.